The van der Waals surface area contributed by atoms with Crippen molar-refractivity contribution in [3.8, 4) is 0 Å². The standard InChI is InChI=1S/C17H24O10/c1-24-15(23)9-6-25-16(11-7(4-18)2-3-8(9)11)27-17-14(22)13(21)12(20)10(5-19)26-17/h2,6,8,10-14,16-22H,3-5H2,1H3/t8-,10+,11-,12+,13-,14+,16+,17-/m1/s1. The second kappa shape index (κ2) is 8.23. The molecule has 10 heteroatoms. The van der Waals surface area contributed by atoms with Gasteiger partial charge in [-0.05, 0) is 12.0 Å². The minimum Gasteiger partial charge on any atom is -0.471 e. The Bertz CT molecular complexity index is 615. The van der Waals surface area contributed by atoms with Crippen molar-refractivity contribution in [1.82, 2.24) is 0 Å². The SMILES string of the molecule is COC(=O)C1=CO[C@@H](O[C@H]2O[C@@H](CO)[C@H](O)[C@@H](O)[C@@H]2O)[C@@H]2C(CO)=CC[C@H]12. The topological polar surface area (TPSA) is 155 Å². The minimum absolute atomic E-state index is 0.270. The van der Waals surface area contributed by atoms with E-state index in [2.05, 4.69) is 0 Å². The van der Waals surface area contributed by atoms with Crippen LogP contribution in [0.1, 0.15) is 6.42 Å². The van der Waals surface area contributed by atoms with Crippen LogP contribution in [-0.4, -0.2) is 88.8 Å². The average molecular weight is 388 g/mol. The molecule has 152 valence electrons. The molecule has 8 atom stereocenters. The van der Waals surface area contributed by atoms with Crippen LogP contribution in [-0.2, 0) is 23.7 Å². The molecule has 0 amide bonds. The van der Waals surface area contributed by atoms with Gasteiger partial charge in [0.1, 0.15) is 24.4 Å². The quantitative estimate of drug-likeness (QED) is 0.258. The summed E-state index contributed by atoms with van der Waals surface area (Å²) in [5, 5.41) is 48.8. The van der Waals surface area contributed by atoms with Gasteiger partial charge in [0, 0.05) is 5.92 Å². The van der Waals surface area contributed by atoms with Gasteiger partial charge in [0.15, 0.2) is 6.29 Å². The van der Waals surface area contributed by atoms with E-state index in [-0.39, 0.29) is 12.5 Å². The Kier molecular flexibility index (Phi) is 6.16. The lowest BCUT2D eigenvalue weighted by Gasteiger charge is -2.42. The summed E-state index contributed by atoms with van der Waals surface area (Å²) in [4.78, 5) is 12.0. The van der Waals surface area contributed by atoms with Crippen LogP contribution < -0.4 is 0 Å². The fourth-order valence-electron chi connectivity index (χ4n) is 3.73. The maximum atomic E-state index is 12.0. The lowest BCUT2D eigenvalue weighted by atomic mass is 9.83. The summed E-state index contributed by atoms with van der Waals surface area (Å²) in [7, 11) is 1.25. The van der Waals surface area contributed by atoms with Crippen LogP contribution in [0.3, 0.4) is 0 Å². The number of aliphatic hydroxyl groups excluding tert-OH is 5. The normalized spacial score (nSPS) is 41.3. The molecule has 0 saturated carbocycles. The predicted octanol–water partition coefficient (Wildman–Crippen LogP) is -2.23. The summed E-state index contributed by atoms with van der Waals surface area (Å²) in [6.45, 7) is -0.857. The van der Waals surface area contributed by atoms with E-state index in [1.807, 2.05) is 0 Å². The number of carbonyl (C=O) groups excluding carboxylic acids is 1. The molecule has 0 aromatic rings. The van der Waals surface area contributed by atoms with Gasteiger partial charge in [-0.1, -0.05) is 6.08 Å². The molecule has 0 aromatic carbocycles. The lowest BCUT2D eigenvalue weighted by molar-refractivity contribution is -0.339. The van der Waals surface area contributed by atoms with Crippen LogP contribution in [0.5, 0.6) is 0 Å². The Hall–Kier alpha value is -1.53. The van der Waals surface area contributed by atoms with Crippen molar-refractivity contribution < 1.29 is 49.3 Å². The first-order valence-corrected chi connectivity index (χ1v) is 8.62. The lowest BCUT2D eigenvalue weighted by Crippen LogP contribution is -2.60. The molecule has 3 aliphatic rings. The van der Waals surface area contributed by atoms with Crippen LogP contribution in [0.4, 0.5) is 0 Å². The van der Waals surface area contributed by atoms with Gasteiger partial charge in [0.05, 0.1) is 38.1 Å². The van der Waals surface area contributed by atoms with Gasteiger partial charge in [0.25, 0.3) is 0 Å². The molecule has 0 bridgehead atoms. The number of hydrogen-bond donors (Lipinski definition) is 5. The summed E-state index contributed by atoms with van der Waals surface area (Å²) < 4.78 is 21.3. The zero-order chi connectivity index (χ0) is 19.7. The van der Waals surface area contributed by atoms with Crippen molar-refractivity contribution in [3.05, 3.63) is 23.5 Å². The third-order valence-corrected chi connectivity index (χ3v) is 5.24. The van der Waals surface area contributed by atoms with Gasteiger partial charge in [-0.3, -0.25) is 0 Å². The number of carbonyl (C=O) groups is 1. The number of allylic oxidation sites excluding steroid dienone is 1. The minimum atomic E-state index is -1.59. The van der Waals surface area contributed by atoms with E-state index in [1.54, 1.807) is 6.08 Å². The van der Waals surface area contributed by atoms with E-state index >= 15 is 0 Å². The molecule has 0 radical (unpaired) electrons. The van der Waals surface area contributed by atoms with E-state index < -0.39 is 55.5 Å². The first-order valence-electron chi connectivity index (χ1n) is 8.62. The van der Waals surface area contributed by atoms with Gasteiger partial charge in [-0.2, -0.15) is 0 Å². The molecule has 1 aliphatic carbocycles. The number of esters is 1. The molecule has 3 rings (SSSR count). The van der Waals surface area contributed by atoms with Crippen molar-refractivity contribution in [3.63, 3.8) is 0 Å². The van der Waals surface area contributed by atoms with Gasteiger partial charge >= 0.3 is 5.97 Å². The summed E-state index contributed by atoms with van der Waals surface area (Å²) >= 11 is 0. The molecule has 10 nitrogen and oxygen atoms in total. The molecular weight excluding hydrogens is 364 g/mol. The predicted molar refractivity (Wildman–Crippen MR) is 86.6 cm³/mol. The smallest absolute Gasteiger partial charge is 0.337 e. The molecule has 2 heterocycles. The molecular formula is C17H24O10. The van der Waals surface area contributed by atoms with Crippen molar-refractivity contribution in [2.24, 2.45) is 11.8 Å². The zero-order valence-electron chi connectivity index (χ0n) is 14.7. The average Bonchev–Trinajstić information content (AvgIpc) is 3.12. The highest BCUT2D eigenvalue weighted by Crippen LogP contribution is 2.44. The summed E-state index contributed by atoms with van der Waals surface area (Å²) in [5.41, 5.74) is 0.903. The van der Waals surface area contributed by atoms with E-state index in [4.69, 9.17) is 18.9 Å². The molecule has 0 aromatic heterocycles. The highest BCUT2D eigenvalue weighted by molar-refractivity contribution is 5.89. The number of fused-ring (bicyclic) bond motifs is 1. The summed E-state index contributed by atoms with van der Waals surface area (Å²) in [5.74, 6) is -1.42. The van der Waals surface area contributed by atoms with Crippen LogP contribution in [0, 0.1) is 11.8 Å². The molecule has 1 fully saturated rings. The van der Waals surface area contributed by atoms with Gasteiger partial charge in [-0.15, -0.1) is 0 Å². The Morgan fingerprint density at radius 1 is 1.19 bits per heavy atom. The Morgan fingerprint density at radius 3 is 2.56 bits per heavy atom. The van der Waals surface area contributed by atoms with Crippen LogP contribution in [0.15, 0.2) is 23.5 Å². The second-order valence-corrected chi connectivity index (χ2v) is 6.71. The second-order valence-electron chi connectivity index (χ2n) is 6.71. The molecule has 27 heavy (non-hydrogen) atoms. The van der Waals surface area contributed by atoms with E-state index in [1.165, 1.54) is 13.4 Å². The highest BCUT2D eigenvalue weighted by atomic mass is 16.8. The maximum absolute atomic E-state index is 12.0. The Labute approximate surface area is 155 Å². The monoisotopic (exact) mass is 388 g/mol. The summed E-state index contributed by atoms with van der Waals surface area (Å²) in [6, 6.07) is 0. The number of methoxy groups -OCH3 is 1. The third-order valence-electron chi connectivity index (χ3n) is 5.24. The highest BCUT2D eigenvalue weighted by Gasteiger charge is 2.49. The molecule has 2 aliphatic heterocycles. The fraction of sp³-hybridized carbons (Fsp3) is 0.706. The largest absolute Gasteiger partial charge is 0.471 e. The molecule has 1 saturated heterocycles. The first-order chi connectivity index (χ1) is 12.9. The number of ether oxygens (including phenoxy) is 4. The molecule has 0 unspecified atom stereocenters. The number of rotatable bonds is 5. The van der Waals surface area contributed by atoms with Gasteiger partial charge in [-0.25, -0.2) is 4.79 Å². The van der Waals surface area contributed by atoms with E-state index in [9.17, 15) is 30.3 Å². The van der Waals surface area contributed by atoms with Gasteiger partial charge < -0.3 is 44.5 Å². The van der Waals surface area contributed by atoms with Crippen LogP contribution in [0.25, 0.3) is 0 Å². The zero-order valence-corrected chi connectivity index (χ0v) is 14.7. The third kappa shape index (κ3) is 3.61. The molecule has 5 N–H and O–H groups in total. The van der Waals surface area contributed by atoms with E-state index in [0.717, 1.165) is 0 Å². The Morgan fingerprint density at radius 2 is 1.93 bits per heavy atom. The van der Waals surface area contributed by atoms with Crippen molar-refractivity contribution in [2.75, 3.05) is 20.3 Å². The summed E-state index contributed by atoms with van der Waals surface area (Å²) in [6.07, 6.45) is -4.73. The Balaban J connectivity index is 1.80. The van der Waals surface area contributed by atoms with Crippen LogP contribution in [0.2, 0.25) is 0 Å². The van der Waals surface area contributed by atoms with Crippen LogP contribution >= 0.6 is 0 Å². The van der Waals surface area contributed by atoms with Crippen molar-refractivity contribution in [1.29, 1.82) is 0 Å². The number of aliphatic hydroxyl groups is 5. The van der Waals surface area contributed by atoms with Gasteiger partial charge in [0.2, 0.25) is 6.29 Å². The fourth-order valence-corrected chi connectivity index (χ4v) is 3.73. The van der Waals surface area contributed by atoms with Crippen molar-refractivity contribution >= 4 is 5.97 Å². The number of hydrogen-bond acceptors (Lipinski definition) is 10. The maximum Gasteiger partial charge on any atom is 0.337 e. The first kappa shape index (κ1) is 20.2. The van der Waals surface area contributed by atoms with E-state index in [0.29, 0.717) is 17.6 Å². The molecule has 0 spiro atoms. The van der Waals surface area contributed by atoms with Crippen molar-refractivity contribution in [2.45, 2.75) is 43.4 Å².